The van der Waals surface area contributed by atoms with Crippen LogP contribution in [0.5, 0.6) is 0 Å². The number of halogens is 3. The second kappa shape index (κ2) is 5.28. The smallest absolute Gasteiger partial charge is 0.203 e. The van der Waals surface area contributed by atoms with Gasteiger partial charge < -0.3 is 0 Å². The van der Waals surface area contributed by atoms with Crippen LogP contribution < -0.4 is 0 Å². The minimum absolute atomic E-state index is 0.154. The lowest BCUT2D eigenvalue weighted by atomic mass is 10.0. The first-order valence-corrected chi connectivity index (χ1v) is 7.73. The minimum atomic E-state index is -0.331. The number of rotatable bonds is 2. The first kappa shape index (κ1) is 13.7. The van der Waals surface area contributed by atoms with E-state index in [9.17, 15) is 9.18 Å². The second-order valence-corrected chi connectivity index (χ2v) is 6.98. The zero-order valence-corrected chi connectivity index (χ0v) is 13.2. The van der Waals surface area contributed by atoms with Gasteiger partial charge in [0.05, 0.1) is 13.7 Å². The molecule has 0 unspecified atom stereocenters. The van der Waals surface area contributed by atoms with Crippen LogP contribution in [-0.4, -0.2) is 5.78 Å². The molecule has 2 aromatic carbocycles. The number of carbonyl (C=O) groups excluding carboxylic acids is 1. The Morgan fingerprint density at radius 2 is 1.85 bits per heavy atom. The molecule has 20 heavy (non-hydrogen) atoms. The van der Waals surface area contributed by atoms with Crippen molar-refractivity contribution in [2.24, 2.45) is 0 Å². The Morgan fingerprint density at radius 1 is 1.15 bits per heavy atom. The highest BCUT2D eigenvalue weighted by Gasteiger charge is 2.17. The Labute approximate surface area is 132 Å². The fraction of sp³-hybridized carbons (Fsp3) is 0. The van der Waals surface area contributed by atoms with E-state index in [1.54, 1.807) is 30.3 Å². The monoisotopic (exact) mass is 368 g/mol. The molecule has 1 heterocycles. The van der Waals surface area contributed by atoms with Crippen molar-refractivity contribution < 1.29 is 9.18 Å². The number of hydrogen-bond acceptors (Lipinski definition) is 2. The Hall–Kier alpha value is -1.23. The number of hydrogen-bond donors (Lipinski definition) is 0. The molecule has 0 bridgehead atoms. The maximum atomic E-state index is 13.8. The van der Waals surface area contributed by atoms with Crippen molar-refractivity contribution in [1.82, 2.24) is 0 Å². The lowest BCUT2D eigenvalue weighted by Gasteiger charge is -2.05. The van der Waals surface area contributed by atoms with Crippen molar-refractivity contribution in [1.29, 1.82) is 0 Å². The molecule has 0 atom stereocenters. The molecule has 0 N–H and O–H groups in total. The fourth-order valence-electron chi connectivity index (χ4n) is 2.05. The predicted octanol–water partition coefficient (Wildman–Crippen LogP) is 5.69. The Balaban J connectivity index is 2.20. The first-order valence-electron chi connectivity index (χ1n) is 5.74. The van der Waals surface area contributed by atoms with Gasteiger partial charge in [-0.25, -0.2) is 4.39 Å². The summed E-state index contributed by atoms with van der Waals surface area (Å²) in [5.74, 6) is -0.485. The van der Waals surface area contributed by atoms with Gasteiger partial charge in [0.15, 0.2) is 0 Å². The number of fused-ring (bicyclic) bond motifs is 1. The highest BCUT2D eigenvalue weighted by atomic mass is 79.9. The molecule has 0 radical (unpaired) electrons. The number of ketones is 1. The zero-order valence-electron chi connectivity index (χ0n) is 9.99. The molecule has 1 nitrogen and oxygen atoms in total. The van der Waals surface area contributed by atoms with E-state index in [2.05, 4.69) is 15.9 Å². The van der Waals surface area contributed by atoms with Gasteiger partial charge in [0.1, 0.15) is 5.82 Å². The minimum Gasteiger partial charge on any atom is -0.288 e. The van der Waals surface area contributed by atoms with Crippen LogP contribution in [0.3, 0.4) is 0 Å². The van der Waals surface area contributed by atoms with Crippen molar-refractivity contribution in [3.8, 4) is 0 Å². The van der Waals surface area contributed by atoms with Crippen molar-refractivity contribution in [2.45, 2.75) is 0 Å². The third-order valence-corrected chi connectivity index (χ3v) is 5.46. The van der Waals surface area contributed by atoms with E-state index in [-0.39, 0.29) is 11.6 Å². The SMILES string of the molecule is O=C(c1cc(Cl)c(Br)s1)c1ccc(F)c2ccccc12. The Morgan fingerprint density at radius 3 is 2.50 bits per heavy atom. The second-order valence-electron chi connectivity index (χ2n) is 4.20. The van der Waals surface area contributed by atoms with Crippen molar-refractivity contribution in [3.05, 3.63) is 67.5 Å². The Kier molecular flexibility index (Phi) is 3.63. The Bertz CT molecular complexity index is 808. The summed E-state index contributed by atoms with van der Waals surface area (Å²) >= 11 is 10.5. The molecule has 0 saturated carbocycles. The van der Waals surface area contributed by atoms with Crippen LogP contribution in [0.15, 0.2) is 46.3 Å². The maximum Gasteiger partial charge on any atom is 0.203 e. The summed E-state index contributed by atoms with van der Waals surface area (Å²) in [6.07, 6.45) is 0. The summed E-state index contributed by atoms with van der Waals surface area (Å²) in [6.45, 7) is 0. The van der Waals surface area contributed by atoms with E-state index >= 15 is 0 Å². The summed E-state index contributed by atoms with van der Waals surface area (Å²) in [7, 11) is 0. The summed E-state index contributed by atoms with van der Waals surface area (Å²) in [5.41, 5.74) is 0.479. The van der Waals surface area contributed by atoms with Gasteiger partial charge in [0, 0.05) is 10.9 Å². The van der Waals surface area contributed by atoms with Gasteiger partial charge in [-0.3, -0.25) is 4.79 Å². The van der Waals surface area contributed by atoms with Gasteiger partial charge in [-0.1, -0.05) is 35.9 Å². The summed E-state index contributed by atoms with van der Waals surface area (Å²) in [5, 5.41) is 1.56. The molecule has 3 aromatic rings. The van der Waals surface area contributed by atoms with Crippen LogP contribution in [0.1, 0.15) is 15.2 Å². The average molecular weight is 370 g/mol. The lowest BCUT2D eigenvalue weighted by molar-refractivity contribution is 0.104. The standard InChI is InChI=1S/C15H7BrClFOS/c16-15-11(17)7-13(20-15)14(19)10-5-6-12(18)9-4-2-1-3-8(9)10/h1-7H. The third-order valence-electron chi connectivity index (χ3n) is 2.98. The van der Waals surface area contributed by atoms with E-state index in [1.165, 1.54) is 23.5 Å². The topological polar surface area (TPSA) is 17.1 Å². The normalized spacial score (nSPS) is 10.9. The molecule has 0 aliphatic carbocycles. The molecule has 5 heteroatoms. The van der Waals surface area contributed by atoms with E-state index in [0.717, 1.165) is 0 Å². The summed E-state index contributed by atoms with van der Waals surface area (Å²) < 4.78 is 14.5. The zero-order chi connectivity index (χ0) is 14.3. The molecule has 3 rings (SSSR count). The number of benzene rings is 2. The van der Waals surface area contributed by atoms with Crippen LogP contribution in [0.25, 0.3) is 10.8 Å². The van der Waals surface area contributed by atoms with Gasteiger partial charge in [-0.15, -0.1) is 11.3 Å². The summed E-state index contributed by atoms with van der Waals surface area (Å²) in [6, 6.07) is 11.4. The highest BCUT2D eigenvalue weighted by molar-refractivity contribution is 9.11. The highest BCUT2D eigenvalue weighted by Crippen LogP contribution is 2.34. The molecular weight excluding hydrogens is 363 g/mol. The van der Waals surface area contributed by atoms with Crippen LogP contribution in [0.4, 0.5) is 4.39 Å². The van der Waals surface area contributed by atoms with E-state index in [0.29, 0.717) is 30.0 Å². The maximum absolute atomic E-state index is 13.8. The van der Waals surface area contributed by atoms with Gasteiger partial charge in [-0.05, 0) is 39.5 Å². The summed E-state index contributed by atoms with van der Waals surface area (Å²) in [4.78, 5) is 13.1. The molecule has 0 fully saturated rings. The molecule has 0 saturated heterocycles. The number of thiophene rings is 1. The quantitative estimate of drug-likeness (QED) is 0.531. The molecular formula is C15H7BrClFOS. The first-order chi connectivity index (χ1) is 9.58. The fourth-order valence-corrected chi connectivity index (χ4v) is 3.71. The average Bonchev–Trinajstić information content (AvgIpc) is 2.79. The van der Waals surface area contributed by atoms with Crippen LogP contribution in [0, 0.1) is 5.82 Å². The van der Waals surface area contributed by atoms with E-state index in [1.807, 2.05) is 0 Å². The van der Waals surface area contributed by atoms with Crippen LogP contribution in [-0.2, 0) is 0 Å². The van der Waals surface area contributed by atoms with Gasteiger partial charge >= 0.3 is 0 Å². The van der Waals surface area contributed by atoms with Crippen molar-refractivity contribution >= 4 is 55.4 Å². The van der Waals surface area contributed by atoms with Crippen LogP contribution >= 0.6 is 38.9 Å². The van der Waals surface area contributed by atoms with Gasteiger partial charge in [0.25, 0.3) is 0 Å². The molecule has 0 amide bonds. The molecule has 100 valence electrons. The third kappa shape index (κ3) is 2.28. The molecule has 0 aliphatic rings. The van der Waals surface area contributed by atoms with Crippen molar-refractivity contribution in [2.75, 3.05) is 0 Å². The lowest BCUT2D eigenvalue weighted by Crippen LogP contribution is -2.00. The number of carbonyl (C=O) groups is 1. The largest absolute Gasteiger partial charge is 0.288 e. The predicted molar refractivity (Wildman–Crippen MR) is 84.4 cm³/mol. The van der Waals surface area contributed by atoms with Crippen LogP contribution in [0.2, 0.25) is 5.02 Å². The van der Waals surface area contributed by atoms with Gasteiger partial charge in [0.2, 0.25) is 5.78 Å². The van der Waals surface area contributed by atoms with Gasteiger partial charge in [-0.2, -0.15) is 0 Å². The van der Waals surface area contributed by atoms with E-state index < -0.39 is 0 Å². The molecule has 1 aromatic heterocycles. The van der Waals surface area contributed by atoms with Crippen molar-refractivity contribution in [3.63, 3.8) is 0 Å². The molecule has 0 spiro atoms. The molecule has 0 aliphatic heterocycles. The van der Waals surface area contributed by atoms with E-state index in [4.69, 9.17) is 11.6 Å².